The summed E-state index contributed by atoms with van der Waals surface area (Å²) in [6, 6.07) is 5.74. The molecule has 0 spiro atoms. The molecule has 0 unspecified atom stereocenters. The molecule has 0 atom stereocenters. The molecule has 0 aliphatic heterocycles. The fourth-order valence-corrected chi connectivity index (χ4v) is 2.69. The number of carbonyl (C=O) groups excluding carboxylic acids is 2. The summed E-state index contributed by atoms with van der Waals surface area (Å²) in [5.74, 6) is 1.38. The molecule has 9 nitrogen and oxygen atoms in total. The van der Waals surface area contributed by atoms with E-state index in [1.807, 2.05) is 32.0 Å². The average Bonchev–Trinajstić information content (AvgIpc) is 2.71. The second-order valence-corrected chi connectivity index (χ2v) is 6.08. The monoisotopic (exact) mass is 447 g/mol. The van der Waals surface area contributed by atoms with Gasteiger partial charge in [0.15, 0.2) is 11.5 Å². The van der Waals surface area contributed by atoms with Crippen molar-refractivity contribution in [3.63, 3.8) is 0 Å². The van der Waals surface area contributed by atoms with Crippen LogP contribution in [0.25, 0.3) is 0 Å². The third-order valence-electron chi connectivity index (χ3n) is 4.11. The van der Waals surface area contributed by atoms with Crippen LogP contribution >= 0.6 is 12.4 Å². The van der Waals surface area contributed by atoms with Crippen LogP contribution in [0.4, 0.5) is 9.59 Å². The third-order valence-corrected chi connectivity index (χ3v) is 4.11. The number of methoxy groups -OCH3 is 2. The highest BCUT2D eigenvalue weighted by Gasteiger charge is 2.13. The molecule has 1 aromatic rings. The Balaban J connectivity index is 0.00000841. The van der Waals surface area contributed by atoms with E-state index >= 15 is 0 Å². The van der Waals surface area contributed by atoms with Gasteiger partial charge in [-0.15, -0.1) is 12.4 Å². The molecule has 0 saturated carbocycles. The Kier molecular flexibility index (Phi) is 15.1. The van der Waals surface area contributed by atoms with Crippen molar-refractivity contribution >= 4 is 24.6 Å². The zero-order valence-electron chi connectivity index (χ0n) is 18.2. The number of hydrogen-bond acceptors (Lipinski definition) is 7. The van der Waals surface area contributed by atoms with E-state index in [9.17, 15) is 9.59 Å². The van der Waals surface area contributed by atoms with Gasteiger partial charge in [-0.25, -0.2) is 9.59 Å². The van der Waals surface area contributed by atoms with Crippen molar-refractivity contribution in [3.05, 3.63) is 23.8 Å². The Morgan fingerprint density at radius 2 is 1.47 bits per heavy atom. The molecule has 0 radical (unpaired) electrons. The lowest BCUT2D eigenvalue weighted by molar-refractivity contribution is 0.107. The van der Waals surface area contributed by atoms with E-state index in [2.05, 4.69) is 15.5 Å². The summed E-state index contributed by atoms with van der Waals surface area (Å²) in [7, 11) is 3.21. The highest BCUT2D eigenvalue weighted by atomic mass is 35.5. The zero-order valence-corrected chi connectivity index (χ0v) is 19.0. The Morgan fingerprint density at radius 3 is 1.93 bits per heavy atom. The maximum Gasteiger partial charge on any atom is 0.407 e. The maximum atomic E-state index is 11.5. The summed E-state index contributed by atoms with van der Waals surface area (Å²) in [6.45, 7) is 6.86. The number of hydrogen-bond donors (Lipinski definition) is 2. The van der Waals surface area contributed by atoms with Crippen LogP contribution in [0.5, 0.6) is 11.5 Å². The van der Waals surface area contributed by atoms with Gasteiger partial charge in [-0.2, -0.15) is 0 Å². The van der Waals surface area contributed by atoms with Gasteiger partial charge in [-0.05, 0) is 31.9 Å². The second kappa shape index (κ2) is 16.4. The van der Waals surface area contributed by atoms with E-state index in [0.717, 1.165) is 5.56 Å². The Labute approximate surface area is 184 Å². The number of ether oxygens (including phenoxy) is 4. The van der Waals surface area contributed by atoms with Crippen molar-refractivity contribution < 1.29 is 28.5 Å². The van der Waals surface area contributed by atoms with Gasteiger partial charge in [0, 0.05) is 32.7 Å². The van der Waals surface area contributed by atoms with Crippen LogP contribution in [0, 0.1) is 0 Å². The molecular formula is C20H34ClN3O6. The van der Waals surface area contributed by atoms with Crippen molar-refractivity contribution in [2.75, 3.05) is 60.2 Å². The molecule has 2 N–H and O–H groups in total. The van der Waals surface area contributed by atoms with E-state index in [1.54, 1.807) is 14.2 Å². The van der Waals surface area contributed by atoms with E-state index < -0.39 is 12.2 Å². The Bertz CT molecular complexity index is 609. The molecule has 0 fully saturated rings. The fourth-order valence-electron chi connectivity index (χ4n) is 2.69. The minimum Gasteiger partial charge on any atom is -0.493 e. The molecular weight excluding hydrogens is 414 g/mol. The first kappa shape index (κ1) is 27.6. The molecule has 172 valence electrons. The summed E-state index contributed by atoms with van der Waals surface area (Å²) < 4.78 is 21.1. The van der Waals surface area contributed by atoms with Crippen LogP contribution in [0.2, 0.25) is 0 Å². The first-order chi connectivity index (χ1) is 14.0. The van der Waals surface area contributed by atoms with E-state index in [1.165, 1.54) is 0 Å². The quantitative estimate of drug-likeness (QED) is 0.479. The summed E-state index contributed by atoms with van der Waals surface area (Å²) in [6.07, 6.45) is -0.191. The first-order valence-electron chi connectivity index (χ1n) is 9.79. The normalized spacial score (nSPS) is 10.0. The molecule has 0 saturated heterocycles. The van der Waals surface area contributed by atoms with Gasteiger partial charge in [0.25, 0.3) is 0 Å². The van der Waals surface area contributed by atoms with Crippen molar-refractivity contribution in [1.82, 2.24) is 15.5 Å². The molecule has 1 rings (SSSR count). The number of carbonyl (C=O) groups is 2. The molecule has 10 heteroatoms. The summed E-state index contributed by atoms with van der Waals surface area (Å²) >= 11 is 0. The van der Waals surface area contributed by atoms with Crippen LogP contribution in [-0.2, 0) is 15.9 Å². The van der Waals surface area contributed by atoms with Crippen LogP contribution in [0.1, 0.15) is 19.4 Å². The zero-order chi connectivity index (χ0) is 21.5. The number of nitrogens with one attached hydrogen (secondary N) is 2. The summed E-state index contributed by atoms with van der Waals surface area (Å²) in [5.41, 5.74) is 1.01. The van der Waals surface area contributed by atoms with E-state index in [4.69, 9.17) is 18.9 Å². The van der Waals surface area contributed by atoms with Gasteiger partial charge in [0.1, 0.15) is 13.2 Å². The van der Waals surface area contributed by atoms with Crippen molar-refractivity contribution in [2.45, 2.75) is 20.3 Å². The van der Waals surface area contributed by atoms with Gasteiger partial charge in [-0.3, -0.25) is 4.90 Å². The van der Waals surface area contributed by atoms with Gasteiger partial charge < -0.3 is 29.6 Å². The van der Waals surface area contributed by atoms with Gasteiger partial charge >= 0.3 is 12.2 Å². The van der Waals surface area contributed by atoms with Gasteiger partial charge in [0.2, 0.25) is 0 Å². The Hall–Kier alpha value is -2.39. The lowest BCUT2D eigenvalue weighted by Crippen LogP contribution is -2.36. The number of benzene rings is 1. The average molecular weight is 448 g/mol. The predicted octanol–water partition coefficient (Wildman–Crippen LogP) is 2.46. The van der Waals surface area contributed by atoms with E-state index in [-0.39, 0.29) is 25.6 Å². The van der Waals surface area contributed by atoms with Crippen molar-refractivity contribution in [2.24, 2.45) is 0 Å². The third kappa shape index (κ3) is 10.4. The minimum absolute atomic E-state index is 0. The number of halogens is 1. The highest BCUT2D eigenvalue weighted by molar-refractivity contribution is 5.85. The molecule has 0 bridgehead atoms. The number of nitrogens with zero attached hydrogens (tertiary/aromatic N) is 1. The molecule has 30 heavy (non-hydrogen) atoms. The predicted molar refractivity (Wildman–Crippen MR) is 117 cm³/mol. The molecule has 0 aromatic heterocycles. The molecule has 2 amide bonds. The van der Waals surface area contributed by atoms with Gasteiger partial charge in [0.05, 0.1) is 14.2 Å². The Morgan fingerprint density at radius 1 is 0.900 bits per heavy atom. The molecule has 0 aliphatic carbocycles. The molecule has 1 aromatic carbocycles. The van der Waals surface area contributed by atoms with E-state index in [0.29, 0.717) is 50.6 Å². The fraction of sp³-hybridized carbons (Fsp3) is 0.600. The van der Waals surface area contributed by atoms with Crippen LogP contribution in [0.15, 0.2) is 18.2 Å². The standard InChI is InChI=1S/C20H33N3O6.ClH/c1-5-21-19(24)28-14-12-23(13-15-29-20(25)22-6-2)11-10-16-8-7-9-17(26-3)18(16)27-4;/h7-9H,5-6,10-15H2,1-4H3,(H,21,24)(H,22,25);1H. The minimum atomic E-state index is -0.444. The van der Waals surface area contributed by atoms with Crippen molar-refractivity contribution in [3.8, 4) is 11.5 Å². The SMILES string of the molecule is CCNC(=O)OCCN(CCOC(=O)NCC)CCc1cccc(OC)c1OC.Cl. The second-order valence-electron chi connectivity index (χ2n) is 6.08. The summed E-state index contributed by atoms with van der Waals surface area (Å²) in [4.78, 5) is 25.0. The maximum absolute atomic E-state index is 11.5. The molecule has 0 aliphatic rings. The van der Waals surface area contributed by atoms with Crippen LogP contribution in [0.3, 0.4) is 0 Å². The first-order valence-corrected chi connectivity index (χ1v) is 9.79. The smallest absolute Gasteiger partial charge is 0.407 e. The summed E-state index contributed by atoms with van der Waals surface area (Å²) in [5, 5.41) is 5.18. The highest BCUT2D eigenvalue weighted by Crippen LogP contribution is 2.30. The lowest BCUT2D eigenvalue weighted by atomic mass is 10.1. The number of alkyl carbamates (subject to hydrolysis) is 2. The van der Waals surface area contributed by atoms with Gasteiger partial charge in [-0.1, -0.05) is 12.1 Å². The van der Waals surface area contributed by atoms with Crippen LogP contribution in [-0.4, -0.2) is 77.2 Å². The number of rotatable bonds is 13. The van der Waals surface area contributed by atoms with Crippen molar-refractivity contribution in [1.29, 1.82) is 0 Å². The topological polar surface area (TPSA) is 98.4 Å². The number of para-hydroxylation sites is 1. The largest absolute Gasteiger partial charge is 0.493 e. The number of amides is 2. The lowest BCUT2D eigenvalue weighted by Gasteiger charge is -2.23. The van der Waals surface area contributed by atoms with Crippen LogP contribution < -0.4 is 20.1 Å². The molecule has 0 heterocycles.